The minimum absolute atomic E-state index is 0.572. The fraction of sp³-hybridized carbons (Fsp3) is 0.143. The standard InChI is InChI=1S/C21H20O2/c1-2-17-8-10-18(11-9-17)16-22-19-12-14-21(15-13-19)23-20-6-4-3-5-7-20/h3-15H,2,16H2,1H3. The van der Waals surface area contributed by atoms with Gasteiger partial charge in [0.2, 0.25) is 0 Å². The first-order chi connectivity index (χ1) is 11.3. The molecule has 0 aliphatic heterocycles. The number of benzene rings is 3. The van der Waals surface area contributed by atoms with E-state index in [4.69, 9.17) is 9.47 Å². The summed E-state index contributed by atoms with van der Waals surface area (Å²) in [5, 5.41) is 0. The van der Waals surface area contributed by atoms with Crippen LogP contribution in [0.4, 0.5) is 0 Å². The molecule has 0 bridgehead atoms. The first kappa shape index (κ1) is 15.2. The Balaban J connectivity index is 1.56. The van der Waals surface area contributed by atoms with E-state index in [0.29, 0.717) is 6.61 Å². The van der Waals surface area contributed by atoms with E-state index in [2.05, 4.69) is 31.2 Å². The van der Waals surface area contributed by atoms with Gasteiger partial charge in [0.1, 0.15) is 23.9 Å². The normalized spacial score (nSPS) is 10.3. The average molecular weight is 304 g/mol. The van der Waals surface area contributed by atoms with Crippen molar-refractivity contribution in [2.24, 2.45) is 0 Å². The minimum atomic E-state index is 0.572. The zero-order chi connectivity index (χ0) is 15.9. The Kier molecular flexibility index (Phi) is 4.95. The lowest BCUT2D eigenvalue weighted by Crippen LogP contribution is -1.95. The van der Waals surface area contributed by atoms with Crippen LogP contribution < -0.4 is 9.47 Å². The maximum Gasteiger partial charge on any atom is 0.127 e. The molecule has 0 aromatic heterocycles. The van der Waals surface area contributed by atoms with Gasteiger partial charge in [-0.15, -0.1) is 0 Å². The molecule has 0 spiro atoms. The molecule has 0 radical (unpaired) electrons. The molecule has 0 saturated heterocycles. The van der Waals surface area contributed by atoms with Crippen LogP contribution in [-0.2, 0) is 13.0 Å². The van der Waals surface area contributed by atoms with Gasteiger partial charge in [0.25, 0.3) is 0 Å². The fourth-order valence-corrected chi connectivity index (χ4v) is 2.27. The molecule has 0 N–H and O–H groups in total. The van der Waals surface area contributed by atoms with Gasteiger partial charge in [0, 0.05) is 0 Å². The van der Waals surface area contributed by atoms with Crippen LogP contribution in [0.5, 0.6) is 17.2 Å². The van der Waals surface area contributed by atoms with Gasteiger partial charge in [-0.2, -0.15) is 0 Å². The molecule has 0 atom stereocenters. The Morgan fingerprint density at radius 2 is 1.17 bits per heavy atom. The van der Waals surface area contributed by atoms with E-state index in [9.17, 15) is 0 Å². The number of para-hydroxylation sites is 1. The highest BCUT2D eigenvalue weighted by Gasteiger charge is 1.99. The van der Waals surface area contributed by atoms with Crippen molar-refractivity contribution < 1.29 is 9.47 Å². The number of rotatable bonds is 6. The molecule has 0 heterocycles. The van der Waals surface area contributed by atoms with Crippen molar-refractivity contribution in [2.45, 2.75) is 20.0 Å². The fourth-order valence-electron chi connectivity index (χ4n) is 2.27. The summed E-state index contributed by atoms with van der Waals surface area (Å²) in [6, 6.07) is 26.0. The number of hydrogen-bond donors (Lipinski definition) is 0. The number of ether oxygens (including phenoxy) is 2. The summed E-state index contributed by atoms with van der Waals surface area (Å²) in [5.74, 6) is 2.47. The third-order valence-electron chi connectivity index (χ3n) is 3.64. The van der Waals surface area contributed by atoms with E-state index in [0.717, 1.165) is 23.7 Å². The van der Waals surface area contributed by atoms with Crippen LogP contribution in [0.25, 0.3) is 0 Å². The summed E-state index contributed by atoms with van der Waals surface area (Å²) in [4.78, 5) is 0. The zero-order valence-electron chi connectivity index (χ0n) is 13.2. The highest BCUT2D eigenvalue weighted by molar-refractivity contribution is 5.35. The predicted octanol–water partition coefficient (Wildman–Crippen LogP) is 5.62. The van der Waals surface area contributed by atoms with Gasteiger partial charge in [-0.1, -0.05) is 49.4 Å². The van der Waals surface area contributed by atoms with Gasteiger partial charge in [0.05, 0.1) is 0 Å². The molecule has 116 valence electrons. The van der Waals surface area contributed by atoms with Gasteiger partial charge < -0.3 is 9.47 Å². The van der Waals surface area contributed by atoms with E-state index in [1.54, 1.807) is 0 Å². The summed E-state index contributed by atoms with van der Waals surface area (Å²) in [7, 11) is 0. The quantitative estimate of drug-likeness (QED) is 0.588. The molecular weight excluding hydrogens is 284 g/mol. The van der Waals surface area contributed by atoms with Crippen LogP contribution in [0, 0.1) is 0 Å². The Labute approximate surface area is 137 Å². The molecule has 3 rings (SSSR count). The molecule has 23 heavy (non-hydrogen) atoms. The Morgan fingerprint density at radius 3 is 1.83 bits per heavy atom. The van der Waals surface area contributed by atoms with Crippen LogP contribution in [-0.4, -0.2) is 0 Å². The maximum absolute atomic E-state index is 5.82. The van der Waals surface area contributed by atoms with E-state index in [-0.39, 0.29) is 0 Å². The van der Waals surface area contributed by atoms with Crippen LogP contribution in [0.3, 0.4) is 0 Å². The van der Waals surface area contributed by atoms with E-state index in [1.807, 2.05) is 54.6 Å². The van der Waals surface area contributed by atoms with Crippen molar-refractivity contribution in [1.29, 1.82) is 0 Å². The second kappa shape index (κ2) is 7.50. The van der Waals surface area contributed by atoms with E-state index >= 15 is 0 Å². The molecule has 3 aromatic rings. The van der Waals surface area contributed by atoms with E-state index < -0.39 is 0 Å². The molecule has 2 heteroatoms. The first-order valence-electron chi connectivity index (χ1n) is 7.87. The van der Waals surface area contributed by atoms with Crippen molar-refractivity contribution >= 4 is 0 Å². The van der Waals surface area contributed by atoms with Gasteiger partial charge in [-0.25, -0.2) is 0 Å². The van der Waals surface area contributed by atoms with E-state index in [1.165, 1.54) is 11.1 Å². The topological polar surface area (TPSA) is 18.5 Å². The molecule has 3 aromatic carbocycles. The number of hydrogen-bond acceptors (Lipinski definition) is 2. The number of aryl methyl sites for hydroxylation is 1. The summed E-state index contributed by atoms with van der Waals surface area (Å²) in [5.41, 5.74) is 2.52. The highest BCUT2D eigenvalue weighted by Crippen LogP contribution is 2.24. The maximum atomic E-state index is 5.82. The van der Waals surface area contributed by atoms with Crippen molar-refractivity contribution in [2.75, 3.05) is 0 Å². The molecular formula is C21H20O2. The van der Waals surface area contributed by atoms with Crippen LogP contribution in [0.1, 0.15) is 18.1 Å². The predicted molar refractivity (Wildman–Crippen MR) is 93.1 cm³/mol. The molecule has 0 fully saturated rings. The van der Waals surface area contributed by atoms with Gasteiger partial charge in [-0.05, 0) is 53.9 Å². The van der Waals surface area contributed by atoms with Crippen LogP contribution in [0.15, 0.2) is 78.9 Å². The minimum Gasteiger partial charge on any atom is -0.489 e. The average Bonchev–Trinajstić information content (AvgIpc) is 2.62. The Morgan fingerprint density at radius 1 is 0.609 bits per heavy atom. The molecule has 0 saturated carbocycles. The van der Waals surface area contributed by atoms with Crippen molar-refractivity contribution in [3.8, 4) is 17.2 Å². The summed E-state index contributed by atoms with van der Waals surface area (Å²) in [6.07, 6.45) is 1.06. The summed E-state index contributed by atoms with van der Waals surface area (Å²) in [6.45, 7) is 2.73. The van der Waals surface area contributed by atoms with Crippen LogP contribution in [0.2, 0.25) is 0 Å². The third kappa shape index (κ3) is 4.36. The smallest absolute Gasteiger partial charge is 0.127 e. The van der Waals surface area contributed by atoms with Gasteiger partial charge >= 0.3 is 0 Å². The molecule has 0 aliphatic rings. The molecule has 0 unspecified atom stereocenters. The van der Waals surface area contributed by atoms with Gasteiger partial charge in [0.15, 0.2) is 0 Å². The Hall–Kier alpha value is -2.74. The van der Waals surface area contributed by atoms with Crippen LogP contribution >= 0.6 is 0 Å². The second-order valence-electron chi connectivity index (χ2n) is 5.35. The summed E-state index contributed by atoms with van der Waals surface area (Å²) < 4.78 is 11.6. The highest BCUT2D eigenvalue weighted by atomic mass is 16.5. The largest absolute Gasteiger partial charge is 0.489 e. The second-order valence-corrected chi connectivity index (χ2v) is 5.35. The monoisotopic (exact) mass is 304 g/mol. The van der Waals surface area contributed by atoms with Crippen molar-refractivity contribution in [3.63, 3.8) is 0 Å². The zero-order valence-corrected chi connectivity index (χ0v) is 13.2. The lowest BCUT2D eigenvalue weighted by Gasteiger charge is -2.09. The van der Waals surface area contributed by atoms with Crippen molar-refractivity contribution in [1.82, 2.24) is 0 Å². The van der Waals surface area contributed by atoms with Crippen molar-refractivity contribution in [3.05, 3.63) is 90.0 Å². The third-order valence-corrected chi connectivity index (χ3v) is 3.64. The molecule has 2 nitrogen and oxygen atoms in total. The first-order valence-corrected chi connectivity index (χ1v) is 7.87. The Bertz CT molecular complexity index is 716. The summed E-state index contributed by atoms with van der Waals surface area (Å²) >= 11 is 0. The lowest BCUT2D eigenvalue weighted by molar-refractivity contribution is 0.305. The SMILES string of the molecule is CCc1ccc(COc2ccc(Oc3ccccc3)cc2)cc1. The van der Waals surface area contributed by atoms with Gasteiger partial charge in [-0.3, -0.25) is 0 Å². The molecule has 0 amide bonds. The molecule has 0 aliphatic carbocycles. The lowest BCUT2D eigenvalue weighted by atomic mass is 10.1.